The van der Waals surface area contributed by atoms with E-state index in [1.807, 2.05) is 19.9 Å². The van der Waals surface area contributed by atoms with Crippen LogP contribution in [-0.4, -0.2) is 28.3 Å². The van der Waals surface area contributed by atoms with Crippen molar-refractivity contribution in [2.75, 3.05) is 6.54 Å². The first-order chi connectivity index (χ1) is 12.4. The van der Waals surface area contributed by atoms with Crippen molar-refractivity contribution in [3.05, 3.63) is 45.2 Å². The summed E-state index contributed by atoms with van der Waals surface area (Å²) in [6.07, 6.45) is 3.52. The molecule has 1 heterocycles. The van der Waals surface area contributed by atoms with Crippen molar-refractivity contribution in [1.29, 1.82) is 0 Å². The zero-order chi connectivity index (χ0) is 18.8. The van der Waals surface area contributed by atoms with Crippen molar-refractivity contribution in [2.45, 2.75) is 45.6 Å². The standard InChI is InChI=1S/C19H24Cl2N4O.ClH/c1-11-15(9-19(26)23-17-5-3-4-13(17)10-22)12(2)25(24-11)18-7-6-14(20)8-16(18)21;/h6-8,13,17H,3-5,9-10,22H2,1-2H3,(H,23,26);1H. The Morgan fingerprint density at radius 2 is 2.07 bits per heavy atom. The van der Waals surface area contributed by atoms with Gasteiger partial charge in [0, 0.05) is 22.3 Å². The van der Waals surface area contributed by atoms with Gasteiger partial charge < -0.3 is 11.1 Å². The van der Waals surface area contributed by atoms with E-state index in [0.717, 1.165) is 41.9 Å². The van der Waals surface area contributed by atoms with Crippen LogP contribution in [0.25, 0.3) is 5.69 Å². The van der Waals surface area contributed by atoms with Crippen molar-refractivity contribution in [3.8, 4) is 5.69 Å². The Hall–Kier alpha value is -1.27. The van der Waals surface area contributed by atoms with E-state index in [9.17, 15) is 4.79 Å². The molecule has 0 radical (unpaired) electrons. The van der Waals surface area contributed by atoms with Crippen LogP contribution in [0.2, 0.25) is 10.0 Å². The summed E-state index contributed by atoms with van der Waals surface area (Å²) in [5.41, 5.74) is 9.22. The number of carbonyl (C=O) groups is 1. The van der Waals surface area contributed by atoms with E-state index < -0.39 is 0 Å². The topological polar surface area (TPSA) is 72.9 Å². The van der Waals surface area contributed by atoms with Gasteiger partial charge in [0.25, 0.3) is 0 Å². The Balaban J connectivity index is 0.00000261. The zero-order valence-corrected chi connectivity index (χ0v) is 17.8. The minimum Gasteiger partial charge on any atom is -0.353 e. The van der Waals surface area contributed by atoms with Crippen LogP contribution in [0.15, 0.2) is 18.2 Å². The van der Waals surface area contributed by atoms with Gasteiger partial charge in [0.1, 0.15) is 0 Å². The van der Waals surface area contributed by atoms with Gasteiger partial charge in [-0.15, -0.1) is 12.4 Å². The predicted octanol–water partition coefficient (Wildman–Crippen LogP) is 4.00. The number of aryl methyl sites for hydroxylation is 1. The predicted molar refractivity (Wildman–Crippen MR) is 112 cm³/mol. The maximum absolute atomic E-state index is 12.6. The summed E-state index contributed by atoms with van der Waals surface area (Å²) in [4.78, 5) is 12.6. The third-order valence-electron chi connectivity index (χ3n) is 5.22. The fourth-order valence-electron chi connectivity index (χ4n) is 3.75. The normalized spacial score (nSPS) is 19.0. The highest BCUT2D eigenvalue weighted by Gasteiger charge is 2.28. The number of carbonyl (C=O) groups excluding carboxylic acids is 1. The Morgan fingerprint density at radius 3 is 2.74 bits per heavy atom. The second-order valence-electron chi connectivity index (χ2n) is 6.93. The fourth-order valence-corrected chi connectivity index (χ4v) is 4.23. The third-order valence-corrected chi connectivity index (χ3v) is 5.76. The smallest absolute Gasteiger partial charge is 0.224 e. The van der Waals surface area contributed by atoms with E-state index in [4.69, 9.17) is 28.9 Å². The average Bonchev–Trinajstić information content (AvgIpc) is 3.14. The molecule has 3 N–H and O–H groups in total. The molecule has 1 aliphatic carbocycles. The number of halogens is 3. The number of aromatic nitrogens is 2. The number of benzene rings is 1. The molecule has 0 saturated heterocycles. The molecule has 1 fully saturated rings. The minimum atomic E-state index is 0. The summed E-state index contributed by atoms with van der Waals surface area (Å²) in [5, 5.41) is 8.83. The first-order valence-corrected chi connectivity index (χ1v) is 9.66. The van der Waals surface area contributed by atoms with Gasteiger partial charge >= 0.3 is 0 Å². The Kier molecular flexibility index (Phi) is 7.57. The molecule has 0 spiro atoms. The monoisotopic (exact) mass is 430 g/mol. The maximum atomic E-state index is 12.6. The number of rotatable bonds is 5. The van der Waals surface area contributed by atoms with E-state index >= 15 is 0 Å². The van der Waals surface area contributed by atoms with Gasteiger partial charge in [-0.25, -0.2) is 4.68 Å². The largest absolute Gasteiger partial charge is 0.353 e. The Morgan fingerprint density at radius 1 is 1.33 bits per heavy atom. The van der Waals surface area contributed by atoms with Crippen molar-refractivity contribution >= 4 is 41.5 Å². The van der Waals surface area contributed by atoms with E-state index in [2.05, 4.69) is 10.4 Å². The lowest BCUT2D eigenvalue weighted by molar-refractivity contribution is -0.121. The fraction of sp³-hybridized carbons (Fsp3) is 0.474. The third kappa shape index (κ3) is 4.77. The highest BCUT2D eigenvalue weighted by atomic mass is 35.5. The van der Waals surface area contributed by atoms with Crippen LogP contribution in [0.5, 0.6) is 0 Å². The molecule has 2 unspecified atom stereocenters. The van der Waals surface area contributed by atoms with Crippen molar-refractivity contribution in [2.24, 2.45) is 11.7 Å². The molecular weight excluding hydrogens is 407 g/mol. The van der Waals surface area contributed by atoms with E-state index in [0.29, 0.717) is 28.9 Å². The van der Waals surface area contributed by atoms with Crippen molar-refractivity contribution in [3.63, 3.8) is 0 Å². The molecule has 1 saturated carbocycles. The summed E-state index contributed by atoms with van der Waals surface area (Å²) < 4.78 is 1.77. The highest BCUT2D eigenvalue weighted by molar-refractivity contribution is 6.35. The molecule has 3 rings (SSSR count). The van der Waals surface area contributed by atoms with Crippen LogP contribution in [0.4, 0.5) is 0 Å². The molecule has 8 heteroatoms. The van der Waals surface area contributed by atoms with E-state index in [1.165, 1.54) is 0 Å². The number of nitrogens with zero attached hydrogens (tertiary/aromatic N) is 2. The summed E-state index contributed by atoms with van der Waals surface area (Å²) in [6, 6.07) is 5.49. The molecule has 1 aromatic heterocycles. The summed E-state index contributed by atoms with van der Waals surface area (Å²) in [5.74, 6) is 0.403. The van der Waals surface area contributed by atoms with Gasteiger partial charge in [0.05, 0.1) is 22.8 Å². The van der Waals surface area contributed by atoms with E-state index in [-0.39, 0.29) is 24.4 Å². The van der Waals surface area contributed by atoms with Crippen molar-refractivity contribution in [1.82, 2.24) is 15.1 Å². The summed E-state index contributed by atoms with van der Waals surface area (Å²) in [6.45, 7) is 4.48. The lowest BCUT2D eigenvalue weighted by atomic mass is 10.0. The second-order valence-corrected chi connectivity index (χ2v) is 7.78. The number of nitrogens with two attached hydrogens (primary N) is 1. The summed E-state index contributed by atoms with van der Waals surface area (Å²) >= 11 is 12.3. The van der Waals surface area contributed by atoms with E-state index in [1.54, 1.807) is 16.8 Å². The SMILES string of the molecule is Cc1nn(-c2ccc(Cl)cc2Cl)c(C)c1CC(=O)NC1CCCC1CN.Cl. The van der Waals surface area contributed by atoms with Crippen LogP contribution in [0, 0.1) is 19.8 Å². The van der Waals surface area contributed by atoms with Crippen LogP contribution in [0.3, 0.4) is 0 Å². The van der Waals surface area contributed by atoms with Crippen LogP contribution >= 0.6 is 35.6 Å². The van der Waals surface area contributed by atoms with Gasteiger partial charge in [0.15, 0.2) is 0 Å². The quantitative estimate of drug-likeness (QED) is 0.751. The first kappa shape index (κ1) is 22.0. The van der Waals surface area contributed by atoms with Crippen LogP contribution in [0.1, 0.15) is 36.2 Å². The molecule has 2 aromatic rings. The molecule has 1 amide bonds. The molecule has 1 aliphatic rings. The van der Waals surface area contributed by atoms with Gasteiger partial charge in [-0.05, 0) is 57.4 Å². The highest BCUT2D eigenvalue weighted by Crippen LogP contribution is 2.28. The molecule has 2 atom stereocenters. The van der Waals surface area contributed by atoms with Gasteiger partial charge in [-0.1, -0.05) is 29.6 Å². The minimum absolute atomic E-state index is 0. The Labute approximate surface area is 176 Å². The van der Waals surface area contributed by atoms with Gasteiger partial charge in [0.2, 0.25) is 5.91 Å². The van der Waals surface area contributed by atoms with Crippen LogP contribution < -0.4 is 11.1 Å². The maximum Gasteiger partial charge on any atom is 0.224 e. The van der Waals surface area contributed by atoms with Crippen molar-refractivity contribution < 1.29 is 4.79 Å². The summed E-state index contributed by atoms with van der Waals surface area (Å²) in [7, 11) is 0. The number of hydrogen-bond acceptors (Lipinski definition) is 3. The molecule has 0 aliphatic heterocycles. The average molecular weight is 432 g/mol. The van der Waals surface area contributed by atoms with Crippen LogP contribution in [-0.2, 0) is 11.2 Å². The molecular formula is C19H25Cl3N4O. The number of hydrogen-bond donors (Lipinski definition) is 2. The number of amides is 1. The Bertz CT molecular complexity index is 822. The lowest BCUT2D eigenvalue weighted by Crippen LogP contribution is -2.40. The molecule has 0 bridgehead atoms. The van der Waals surface area contributed by atoms with Gasteiger partial charge in [-0.3, -0.25) is 4.79 Å². The number of nitrogens with one attached hydrogen (secondary N) is 1. The molecule has 27 heavy (non-hydrogen) atoms. The lowest BCUT2D eigenvalue weighted by Gasteiger charge is -2.19. The molecule has 148 valence electrons. The zero-order valence-electron chi connectivity index (χ0n) is 15.5. The second kappa shape index (κ2) is 9.28. The molecule has 5 nitrogen and oxygen atoms in total. The first-order valence-electron chi connectivity index (χ1n) is 8.90. The molecule has 1 aromatic carbocycles. The van der Waals surface area contributed by atoms with Gasteiger partial charge in [-0.2, -0.15) is 5.10 Å².